The average molecular weight is 304 g/mol. The van der Waals surface area contributed by atoms with E-state index in [0.717, 1.165) is 36.1 Å². The fourth-order valence-electron chi connectivity index (χ4n) is 4.13. The molecule has 0 radical (unpaired) electrons. The second-order valence-corrected chi connectivity index (χ2v) is 7.50. The molecule has 0 aromatic heterocycles. The van der Waals surface area contributed by atoms with Gasteiger partial charge < -0.3 is 5.32 Å². The highest BCUT2D eigenvalue weighted by Crippen LogP contribution is 2.65. The average Bonchev–Trinajstić information content (AvgIpc) is 2.96. The summed E-state index contributed by atoms with van der Waals surface area (Å²) in [4.78, 5) is 12.9. The molecule has 21 heavy (non-hydrogen) atoms. The Balaban J connectivity index is 1.90. The zero-order chi connectivity index (χ0) is 15.4. The zero-order valence-electron chi connectivity index (χ0n) is 12.9. The summed E-state index contributed by atoms with van der Waals surface area (Å²) in [7, 11) is 0. The van der Waals surface area contributed by atoms with Crippen molar-refractivity contribution in [3.63, 3.8) is 0 Å². The quantitative estimate of drug-likeness (QED) is 0.768. The third-order valence-electron chi connectivity index (χ3n) is 5.84. The van der Waals surface area contributed by atoms with E-state index in [2.05, 4.69) is 25.7 Å². The first kappa shape index (κ1) is 14.6. The fraction of sp³-hybridized carbons (Fsp3) is 0.500. The van der Waals surface area contributed by atoms with Gasteiger partial charge in [0.15, 0.2) is 0 Å². The van der Waals surface area contributed by atoms with E-state index >= 15 is 0 Å². The Morgan fingerprint density at radius 2 is 2.14 bits per heavy atom. The Labute approximate surface area is 131 Å². The molecule has 1 amide bonds. The van der Waals surface area contributed by atoms with Gasteiger partial charge in [-0.05, 0) is 55.2 Å². The number of amides is 1. The van der Waals surface area contributed by atoms with Gasteiger partial charge in [0, 0.05) is 10.7 Å². The number of rotatable bonds is 2. The highest BCUT2D eigenvalue weighted by atomic mass is 35.5. The lowest BCUT2D eigenvalue weighted by molar-refractivity contribution is -0.123. The molecule has 2 aliphatic rings. The van der Waals surface area contributed by atoms with E-state index in [0.29, 0.717) is 10.9 Å². The van der Waals surface area contributed by atoms with Crippen molar-refractivity contribution in [3.8, 4) is 0 Å². The summed E-state index contributed by atoms with van der Waals surface area (Å²) in [6.07, 6.45) is 2.98. The number of anilines is 1. The number of hydrogen-bond acceptors (Lipinski definition) is 1. The molecule has 2 nitrogen and oxygen atoms in total. The molecule has 0 spiro atoms. The summed E-state index contributed by atoms with van der Waals surface area (Å²) < 4.78 is 0. The van der Waals surface area contributed by atoms with E-state index in [1.165, 1.54) is 0 Å². The molecular weight excluding hydrogens is 282 g/mol. The van der Waals surface area contributed by atoms with Gasteiger partial charge in [-0.15, -0.1) is 0 Å². The van der Waals surface area contributed by atoms with Crippen LogP contribution in [0.2, 0.25) is 5.02 Å². The van der Waals surface area contributed by atoms with Crippen molar-refractivity contribution in [2.24, 2.45) is 16.7 Å². The third-order valence-corrected chi connectivity index (χ3v) is 6.25. The molecular formula is C18H22ClNO. The Morgan fingerprint density at radius 3 is 2.76 bits per heavy atom. The molecule has 0 saturated heterocycles. The molecule has 0 unspecified atom stereocenters. The first-order chi connectivity index (χ1) is 9.79. The van der Waals surface area contributed by atoms with Crippen molar-refractivity contribution in [1.29, 1.82) is 0 Å². The molecule has 2 saturated carbocycles. The first-order valence-electron chi connectivity index (χ1n) is 7.55. The molecule has 2 aliphatic carbocycles. The summed E-state index contributed by atoms with van der Waals surface area (Å²) >= 11 is 6.14. The highest BCUT2D eigenvalue weighted by molar-refractivity contribution is 6.31. The van der Waals surface area contributed by atoms with Gasteiger partial charge in [-0.25, -0.2) is 0 Å². The third kappa shape index (κ3) is 1.96. The van der Waals surface area contributed by atoms with Crippen molar-refractivity contribution >= 4 is 23.2 Å². The molecule has 2 bridgehead atoms. The van der Waals surface area contributed by atoms with Gasteiger partial charge in [0.2, 0.25) is 5.91 Å². The van der Waals surface area contributed by atoms with Crippen LogP contribution in [0.3, 0.4) is 0 Å². The Hall–Kier alpha value is -1.28. The van der Waals surface area contributed by atoms with Crippen LogP contribution in [0.25, 0.3) is 0 Å². The summed E-state index contributed by atoms with van der Waals surface area (Å²) in [6.45, 7) is 10.7. The number of carbonyl (C=O) groups excluding carboxylic acids is 1. The Morgan fingerprint density at radius 1 is 1.43 bits per heavy atom. The monoisotopic (exact) mass is 303 g/mol. The standard InChI is InChI=1S/C18H22ClNO/c1-11-14(19)6-5-7-15(11)20-16(21)18-9-8-13(10-18)17(3,4)12(18)2/h5-7,13H,2,8-10H2,1,3-4H3,(H,20,21)/t13-,18-/m1/s1. The second kappa shape index (κ2) is 4.61. The smallest absolute Gasteiger partial charge is 0.234 e. The van der Waals surface area contributed by atoms with E-state index in [-0.39, 0.29) is 16.7 Å². The van der Waals surface area contributed by atoms with Crippen LogP contribution < -0.4 is 5.32 Å². The molecule has 2 fully saturated rings. The van der Waals surface area contributed by atoms with Gasteiger partial charge in [-0.3, -0.25) is 4.79 Å². The van der Waals surface area contributed by atoms with Crippen LogP contribution in [-0.2, 0) is 4.79 Å². The predicted molar refractivity (Wildman–Crippen MR) is 87.5 cm³/mol. The molecule has 0 aliphatic heterocycles. The van der Waals surface area contributed by atoms with Crippen LogP contribution in [0.5, 0.6) is 0 Å². The number of halogens is 1. The number of hydrogen-bond donors (Lipinski definition) is 1. The summed E-state index contributed by atoms with van der Waals surface area (Å²) in [5, 5.41) is 3.78. The molecule has 1 aromatic carbocycles. The second-order valence-electron chi connectivity index (χ2n) is 7.09. The maximum absolute atomic E-state index is 12.9. The van der Waals surface area contributed by atoms with Crippen molar-refractivity contribution in [1.82, 2.24) is 0 Å². The van der Waals surface area contributed by atoms with Gasteiger partial charge in [0.25, 0.3) is 0 Å². The van der Waals surface area contributed by atoms with Crippen molar-refractivity contribution in [2.45, 2.75) is 40.0 Å². The Bertz CT molecular complexity index is 634. The van der Waals surface area contributed by atoms with E-state index < -0.39 is 0 Å². The van der Waals surface area contributed by atoms with Gasteiger partial charge in [0.05, 0.1) is 5.41 Å². The fourth-order valence-corrected chi connectivity index (χ4v) is 4.30. The molecule has 2 atom stereocenters. The summed E-state index contributed by atoms with van der Waals surface area (Å²) in [5.41, 5.74) is 2.51. The number of nitrogens with one attached hydrogen (secondary N) is 1. The topological polar surface area (TPSA) is 29.1 Å². The van der Waals surface area contributed by atoms with E-state index in [1.807, 2.05) is 25.1 Å². The number of fused-ring (bicyclic) bond motifs is 2. The number of benzene rings is 1. The van der Waals surface area contributed by atoms with Crippen molar-refractivity contribution in [3.05, 3.63) is 40.9 Å². The summed E-state index contributed by atoms with van der Waals surface area (Å²) in [6, 6.07) is 5.62. The number of carbonyl (C=O) groups is 1. The predicted octanol–water partition coefficient (Wildman–Crippen LogP) is 4.97. The molecule has 3 rings (SSSR count). The van der Waals surface area contributed by atoms with Crippen molar-refractivity contribution in [2.75, 3.05) is 5.32 Å². The van der Waals surface area contributed by atoms with E-state index in [4.69, 9.17) is 11.6 Å². The van der Waals surface area contributed by atoms with E-state index in [1.54, 1.807) is 0 Å². The first-order valence-corrected chi connectivity index (χ1v) is 7.93. The lowest BCUT2D eigenvalue weighted by atomic mass is 9.68. The van der Waals surface area contributed by atoms with Gasteiger partial charge in [-0.1, -0.05) is 43.7 Å². The van der Waals surface area contributed by atoms with Gasteiger partial charge in [0.1, 0.15) is 0 Å². The minimum Gasteiger partial charge on any atom is -0.325 e. The van der Waals surface area contributed by atoms with E-state index in [9.17, 15) is 4.79 Å². The minimum absolute atomic E-state index is 0.0684. The normalized spacial score (nSPS) is 29.7. The van der Waals surface area contributed by atoms with Crippen LogP contribution in [0.1, 0.15) is 38.7 Å². The molecule has 3 heteroatoms. The maximum atomic E-state index is 12.9. The van der Waals surface area contributed by atoms with Crippen molar-refractivity contribution < 1.29 is 4.79 Å². The SMILES string of the molecule is C=C1C(C)(C)[C@@H]2CC[C@@]1(C(=O)Nc1cccc(Cl)c1C)C2. The lowest BCUT2D eigenvalue weighted by Gasteiger charge is -2.37. The van der Waals surface area contributed by atoms with Crippen LogP contribution in [-0.4, -0.2) is 5.91 Å². The van der Waals surface area contributed by atoms with Crippen LogP contribution >= 0.6 is 11.6 Å². The lowest BCUT2D eigenvalue weighted by Crippen LogP contribution is -2.37. The van der Waals surface area contributed by atoms with Gasteiger partial charge >= 0.3 is 0 Å². The molecule has 0 heterocycles. The highest BCUT2D eigenvalue weighted by Gasteiger charge is 2.60. The van der Waals surface area contributed by atoms with Gasteiger partial charge in [-0.2, -0.15) is 0 Å². The Kier molecular flexibility index (Phi) is 3.21. The maximum Gasteiger partial charge on any atom is 0.234 e. The van der Waals surface area contributed by atoms with Crippen LogP contribution in [0.15, 0.2) is 30.4 Å². The molecule has 1 N–H and O–H groups in total. The summed E-state index contributed by atoms with van der Waals surface area (Å²) in [5.74, 6) is 0.669. The van der Waals surface area contributed by atoms with Crippen LogP contribution in [0.4, 0.5) is 5.69 Å². The largest absolute Gasteiger partial charge is 0.325 e. The molecule has 1 aromatic rings. The molecule has 112 valence electrons. The zero-order valence-corrected chi connectivity index (χ0v) is 13.7. The van der Waals surface area contributed by atoms with Crippen LogP contribution in [0, 0.1) is 23.7 Å². The minimum atomic E-state index is -0.386.